The second-order valence-corrected chi connectivity index (χ2v) is 10.6. The van der Waals surface area contributed by atoms with Crippen LogP contribution in [0, 0.1) is 5.82 Å². The number of carbonyl (C=O) groups is 1. The maximum absolute atomic E-state index is 14.2. The van der Waals surface area contributed by atoms with Crippen molar-refractivity contribution in [2.24, 2.45) is 0 Å². The molecule has 170 valence electrons. The predicted octanol–water partition coefficient (Wildman–Crippen LogP) is 3.21. The van der Waals surface area contributed by atoms with E-state index in [2.05, 4.69) is 9.88 Å². The number of ether oxygens (including phenoxy) is 1. The molecule has 1 fully saturated rings. The number of aromatic nitrogens is 1. The number of hydrogen-bond acceptors (Lipinski definition) is 7. The first-order valence-corrected chi connectivity index (χ1v) is 13.0. The van der Waals surface area contributed by atoms with E-state index in [1.165, 1.54) is 34.4 Å². The van der Waals surface area contributed by atoms with Crippen molar-refractivity contribution < 1.29 is 22.3 Å². The highest BCUT2D eigenvalue weighted by Crippen LogP contribution is 2.32. The van der Waals surface area contributed by atoms with Crippen LogP contribution in [0.4, 0.5) is 9.52 Å². The Morgan fingerprint density at radius 2 is 1.94 bits per heavy atom. The summed E-state index contributed by atoms with van der Waals surface area (Å²) in [7, 11) is -3.61. The third-order valence-corrected chi connectivity index (χ3v) is 7.51. The molecule has 1 aliphatic heterocycles. The summed E-state index contributed by atoms with van der Waals surface area (Å²) >= 11 is 1.21. The molecule has 1 aromatic heterocycles. The highest BCUT2D eigenvalue weighted by Gasteiger charge is 2.26. The van der Waals surface area contributed by atoms with Crippen LogP contribution in [0.25, 0.3) is 10.2 Å². The first kappa shape index (κ1) is 22.8. The summed E-state index contributed by atoms with van der Waals surface area (Å²) in [6.45, 7) is 4.12. The van der Waals surface area contributed by atoms with Gasteiger partial charge in [-0.2, -0.15) is 0 Å². The van der Waals surface area contributed by atoms with E-state index in [0.29, 0.717) is 36.0 Å². The minimum absolute atomic E-state index is 0.0320. The Kier molecular flexibility index (Phi) is 6.85. The van der Waals surface area contributed by atoms with E-state index in [9.17, 15) is 17.6 Å². The third kappa shape index (κ3) is 4.98. The van der Waals surface area contributed by atoms with Gasteiger partial charge in [0.15, 0.2) is 15.0 Å². The fourth-order valence-electron chi connectivity index (χ4n) is 3.69. The van der Waals surface area contributed by atoms with Crippen molar-refractivity contribution in [2.75, 3.05) is 50.5 Å². The van der Waals surface area contributed by atoms with Crippen molar-refractivity contribution in [3.63, 3.8) is 0 Å². The van der Waals surface area contributed by atoms with Crippen LogP contribution in [0.3, 0.4) is 0 Å². The lowest BCUT2D eigenvalue weighted by Gasteiger charge is -2.28. The van der Waals surface area contributed by atoms with Gasteiger partial charge in [-0.1, -0.05) is 29.5 Å². The number of fused-ring (bicyclic) bond motifs is 1. The molecule has 32 heavy (non-hydrogen) atoms. The number of thiazole rings is 1. The van der Waals surface area contributed by atoms with Gasteiger partial charge in [0.25, 0.3) is 5.91 Å². The maximum Gasteiger partial charge on any atom is 0.261 e. The second-order valence-electron chi connectivity index (χ2n) is 7.62. The Morgan fingerprint density at radius 3 is 2.66 bits per heavy atom. The zero-order valence-electron chi connectivity index (χ0n) is 17.7. The molecule has 3 aromatic rings. The molecule has 4 rings (SSSR count). The zero-order valence-corrected chi connectivity index (χ0v) is 19.3. The van der Waals surface area contributed by atoms with E-state index >= 15 is 0 Å². The quantitative estimate of drug-likeness (QED) is 0.520. The van der Waals surface area contributed by atoms with Crippen molar-refractivity contribution in [3.05, 3.63) is 53.8 Å². The highest BCUT2D eigenvalue weighted by molar-refractivity contribution is 7.90. The molecule has 2 heterocycles. The molecular formula is C22H24FN3O4S2. The molecule has 7 nitrogen and oxygen atoms in total. The van der Waals surface area contributed by atoms with Crippen molar-refractivity contribution in [1.82, 2.24) is 9.88 Å². The minimum Gasteiger partial charge on any atom is -0.379 e. The molecule has 1 aliphatic rings. The fourth-order valence-corrected chi connectivity index (χ4v) is 5.58. The fraction of sp³-hybridized carbons (Fsp3) is 0.364. The maximum atomic E-state index is 14.2. The largest absolute Gasteiger partial charge is 0.379 e. The normalized spacial score (nSPS) is 15.2. The minimum atomic E-state index is -3.61. The van der Waals surface area contributed by atoms with Crippen molar-refractivity contribution in [1.29, 1.82) is 0 Å². The van der Waals surface area contributed by atoms with E-state index in [-0.39, 0.29) is 16.0 Å². The zero-order chi connectivity index (χ0) is 22.7. The van der Waals surface area contributed by atoms with Crippen LogP contribution in [0.2, 0.25) is 0 Å². The van der Waals surface area contributed by atoms with Gasteiger partial charge in [-0.25, -0.2) is 17.8 Å². The number of benzene rings is 2. The number of carbonyl (C=O) groups excluding carboxylic acids is 1. The number of para-hydroxylation sites is 1. The van der Waals surface area contributed by atoms with Gasteiger partial charge in [0.05, 0.1) is 28.4 Å². The molecule has 0 atom stereocenters. The standard InChI is InChI=1S/C22H24FN3O4S2/c1-32(28,29)19-9-3-2-6-16(19)21(27)26(11-5-10-25-12-14-30-15-13-25)22-24-20-17(23)7-4-8-18(20)31-22/h2-4,6-9H,5,10-15H2,1H3. The predicted molar refractivity (Wildman–Crippen MR) is 123 cm³/mol. The third-order valence-electron chi connectivity index (χ3n) is 5.31. The molecule has 1 amide bonds. The Hall–Kier alpha value is -2.40. The SMILES string of the molecule is CS(=O)(=O)c1ccccc1C(=O)N(CCCN1CCOCC1)c1nc2c(F)cccc2s1. The summed E-state index contributed by atoms with van der Waals surface area (Å²) in [4.78, 5) is 21.6. The van der Waals surface area contributed by atoms with Crippen LogP contribution in [-0.4, -0.2) is 69.9 Å². The summed E-state index contributed by atoms with van der Waals surface area (Å²) in [6, 6.07) is 10.8. The first-order valence-electron chi connectivity index (χ1n) is 10.3. The van der Waals surface area contributed by atoms with Gasteiger partial charge in [-0.05, 0) is 30.7 Å². The summed E-state index contributed by atoms with van der Waals surface area (Å²) in [6.07, 6.45) is 1.74. The van der Waals surface area contributed by atoms with Gasteiger partial charge in [-0.3, -0.25) is 14.6 Å². The van der Waals surface area contributed by atoms with Gasteiger partial charge >= 0.3 is 0 Å². The first-order chi connectivity index (χ1) is 15.3. The van der Waals surface area contributed by atoms with Gasteiger partial charge in [-0.15, -0.1) is 0 Å². The second kappa shape index (κ2) is 9.62. The van der Waals surface area contributed by atoms with Crippen LogP contribution in [-0.2, 0) is 14.6 Å². The van der Waals surface area contributed by atoms with E-state index in [0.717, 1.165) is 25.9 Å². The van der Waals surface area contributed by atoms with Gasteiger partial charge in [0.1, 0.15) is 11.3 Å². The lowest BCUT2D eigenvalue weighted by atomic mass is 10.2. The molecule has 0 unspecified atom stereocenters. The molecule has 0 saturated carbocycles. The molecular weight excluding hydrogens is 453 g/mol. The smallest absolute Gasteiger partial charge is 0.261 e. The van der Waals surface area contributed by atoms with Crippen LogP contribution in [0.1, 0.15) is 16.8 Å². The van der Waals surface area contributed by atoms with Crippen LogP contribution in [0.5, 0.6) is 0 Å². The van der Waals surface area contributed by atoms with E-state index < -0.39 is 21.6 Å². The molecule has 1 saturated heterocycles. The average Bonchev–Trinajstić information content (AvgIpc) is 3.22. The van der Waals surface area contributed by atoms with Gasteiger partial charge in [0, 0.05) is 32.4 Å². The molecule has 10 heteroatoms. The number of nitrogens with zero attached hydrogens (tertiary/aromatic N) is 3. The number of hydrogen-bond donors (Lipinski definition) is 0. The van der Waals surface area contributed by atoms with Crippen LogP contribution in [0.15, 0.2) is 47.4 Å². The summed E-state index contributed by atoms with van der Waals surface area (Å²) in [5.41, 5.74) is 0.288. The van der Waals surface area contributed by atoms with Gasteiger partial charge < -0.3 is 4.74 Å². The molecule has 0 radical (unpaired) electrons. The van der Waals surface area contributed by atoms with Crippen molar-refractivity contribution in [2.45, 2.75) is 11.3 Å². The Labute approximate surface area is 190 Å². The Morgan fingerprint density at radius 1 is 1.19 bits per heavy atom. The molecule has 0 bridgehead atoms. The number of sulfone groups is 1. The number of amides is 1. The van der Waals surface area contributed by atoms with Crippen molar-refractivity contribution in [3.8, 4) is 0 Å². The van der Waals surface area contributed by atoms with E-state index in [4.69, 9.17) is 4.74 Å². The number of anilines is 1. The molecule has 0 spiro atoms. The average molecular weight is 478 g/mol. The van der Waals surface area contributed by atoms with Crippen LogP contribution >= 0.6 is 11.3 Å². The number of rotatable bonds is 7. The monoisotopic (exact) mass is 477 g/mol. The van der Waals surface area contributed by atoms with Gasteiger partial charge in [0.2, 0.25) is 0 Å². The lowest BCUT2D eigenvalue weighted by molar-refractivity contribution is 0.0376. The highest BCUT2D eigenvalue weighted by atomic mass is 32.2. The van der Waals surface area contributed by atoms with E-state index in [1.807, 2.05) is 0 Å². The number of morpholine rings is 1. The number of halogens is 1. The Bertz CT molecular complexity index is 1220. The summed E-state index contributed by atoms with van der Waals surface area (Å²) < 4.78 is 44.8. The molecule has 0 N–H and O–H groups in total. The van der Waals surface area contributed by atoms with E-state index in [1.54, 1.807) is 24.3 Å². The Balaban J connectivity index is 1.66. The van der Waals surface area contributed by atoms with Crippen LogP contribution < -0.4 is 4.90 Å². The van der Waals surface area contributed by atoms with Crippen molar-refractivity contribution >= 4 is 42.4 Å². The molecule has 2 aromatic carbocycles. The lowest BCUT2D eigenvalue weighted by Crippen LogP contribution is -2.39. The summed E-state index contributed by atoms with van der Waals surface area (Å²) in [5.74, 6) is -0.922. The molecule has 0 aliphatic carbocycles. The topological polar surface area (TPSA) is 79.8 Å². The summed E-state index contributed by atoms with van der Waals surface area (Å²) in [5, 5.41) is 0.348.